The van der Waals surface area contributed by atoms with E-state index >= 15 is 0 Å². The van der Waals surface area contributed by atoms with Crippen molar-refractivity contribution in [3.63, 3.8) is 0 Å². The first-order chi connectivity index (χ1) is 9.84. The molecule has 0 aromatic carbocycles. The van der Waals surface area contributed by atoms with Gasteiger partial charge < -0.3 is 8.98 Å². The van der Waals surface area contributed by atoms with Crippen LogP contribution in [-0.2, 0) is 13.5 Å². The van der Waals surface area contributed by atoms with E-state index in [0.29, 0.717) is 0 Å². The number of nitrogens with zero attached hydrogens (tertiary/aromatic N) is 4. The summed E-state index contributed by atoms with van der Waals surface area (Å²) in [6.45, 7) is 0. The molecule has 102 valence electrons. The quantitative estimate of drug-likeness (QED) is 0.675. The van der Waals surface area contributed by atoms with Crippen molar-refractivity contribution in [2.75, 3.05) is 5.75 Å². The van der Waals surface area contributed by atoms with Gasteiger partial charge in [0.1, 0.15) is 0 Å². The van der Waals surface area contributed by atoms with Crippen molar-refractivity contribution >= 4 is 11.8 Å². The highest BCUT2D eigenvalue weighted by molar-refractivity contribution is 7.99. The summed E-state index contributed by atoms with van der Waals surface area (Å²) in [5.74, 6) is 2.40. The molecule has 0 aliphatic carbocycles. The molecule has 0 unspecified atom stereocenters. The fourth-order valence-electron chi connectivity index (χ4n) is 1.85. The Morgan fingerprint density at radius 3 is 2.90 bits per heavy atom. The average molecular weight is 286 g/mol. The number of aromatic nitrogens is 4. The van der Waals surface area contributed by atoms with Gasteiger partial charge in [-0.25, -0.2) is 0 Å². The summed E-state index contributed by atoms with van der Waals surface area (Å²) < 4.78 is 7.29. The van der Waals surface area contributed by atoms with Crippen molar-refractivity contribution in [3.05, 3.63) is 48.5 Å². The fraction of sp³-hybridized carbons (Fsp3) is 0.214. The zero-order valence-electron chi connectivity index (χ0n) is 11.1. The van der Waals surface area contributed by atoms with Gasteiger partial charge in [-0.1, -0.05) is 17.8 Å². The summed E-state index contributed by atoms with van der Waals surface area (Å²) in [7, 11) is 1.95. The summed E-state index contributed by atoms with van der Waals surface area (Å²) in [6, 6.07) is 9.69. The summed E-state index contributed by atoms with van der Waals surface area (Å²) in [5, 5.41) is 9.25. The first kappa shape index (κ1) is 12.9. The molecule has 3 heterocycles. The van der Waals surface area contributed by atoms with Crippen LogP contribution in [0.1, 0.15) is 5.69 Å². The minimum Gasteiger partial charge on any atom is -0.461 e. The summed E-state index contributed by atoms with van der Waals surface area (Å²) in [5.41, 5.74) is 1.09. The van der Waals surface area contributed by atoms with E-state index in [2.05, 4.69) is 15.2 Å². The molecule has 0 saturated carbocycles. The number of pyridine rings is 1. The first-order valence-electron chi connectivity index (χ1n) is 6.30. The van der Waals surface area contributed by atoms with Crippen LogP contribution in [0, 0.1) is 0 Å². The second kappa shape index (κ2) is 5.92. The number of thioether (sulfide) groups is 1. The van der Waals surface area contributed by atoms with Gasteiger partial charge in [-0.3, -0.25) is 4.98 Å². The predicted octanol–water partition coefficient (Wildman–Crippen LogP) is 2.80. The van der Waals surface area contributed by atoms with E-state index in [0.717, 1.165) is 34.6 Å². The van der Waals surface area contributed by atoms with Gasteiger partial charge in [0, 0.05) is 24.7 Å². The monoisotopic (exact) mass is 286 g/mol. The molecule has 0 spiro atoms. The second-order valence-corrected chi connectivity index (χ2v) is 5.32. The van der Waals surface area contributed by atoms with Gasteiger partial charge >= 0.3 is 0 Å². The minimum atomic E-state index is 0.733. The highest BCUT2D eigenvalue weighted by Gasteiger charge is 2.12. The van der Waals surface area contributed by atoms with Crippen LogP contribution >= 0.6 is 11.8 Å². The van der Waals surface area contributed by atoms with Gasteiger partial charge in [0.25, 0.3) is 0 Å². The Morgan fingerprint density at radius 1 is 1.20 bits per heavy atom. The molecule has 0 amide bonds. The summed E-state index contributed by atoms with van der Waals surface area (Å²) in [6.07, 6.45) is 4.36. The molecule has 3 aromatic heterocycles. The van der Waals surface area contributed by atoms with Crippen LogP contribution in [0.25, 0.3) is 11.6 Å². The van der Waals surface area contributed by atoms with Crippen LogP contribution < -0.4 is 0 Å². The van der Waals surface area contributed by atoms with E-state index < -0.39 is 0 Å². The summed E-state index contributed by atoms with van der Waals surface area (Å²) >= 11 is 1.67. The van der Waals surface area contributed by atoms with Crippen molar-refractivity contribution in [3.8, 4) is 11.6 Å². The Balaban J connectivity index is 1.64. The Labute approximate surface area is 121 Å². The number of hydrogen-bond acceptors (Lipinski definition) is 5. The number of aryl methyl sites for hydroxylation is 1. The smallest absolute Gasteiger partial charge is 0.200 e. The second-order valence-electron chi connectivity index (χ2n) is 4.26. The zero-order chi connectivity index (χ0) is 13.8. The lowest BCUT2D eigenvalue weighted by Crippen LogP contribution is -1.96. The molecule has 0 N–H and O–H groups in total. The maximum absolute atomic E-state index is 5.34. The van der Waals surface area contributed by atoms with Crippen molar-refractivity contribution in [2.45, 2.75) is 11.6 Å². The lowest BCUT2D eigenvalue weighted by Gasteiger charge is -2.02. The Hall–Kier alpha value is -2.08. The van der Waals surface area contributed by atoms with Crippen molar-refractivity contribution < 1.29 is 4.42 Å². The molecule has 3 rings (SSSR count). The van der Waals surface area contributed by atoms with Crippen molar-refractivity contribution in [1.29, 1.82) is 0 Å². The van der Waals surface area contributed by atoms with Crippen molar-refractivity contribution in [1.82, 2.24) is 19.7 Å². The predicted molar refractivity (Wildman–Crippen MR) is 77.4 cm³/mol. The molecule has 0 aliphatic heterocycles. The van der Waals surface area contributed by atoms with Crippen LogP contribution in [0.3, 0.4) is 0 Å². The van der Waals surface area contributed by atoms with Crippen LogP contribution in [0.5, 0.6) is 0 Å². The van der Waals surface area contributed by atoms with Crippen molar-refractivity contribution in [2.24, 2.45) is 7.05 Å². The number of furan rings is 1. The summed E-state index contributed by atoms with van der Waals surface area (Å²) in [4.78, 5) is 4.31. The maximum atomic E-state index is 5.34. The van der Waals surface area contributed by atoms with E-state index in [1.54, 1.807) is 18.0 Å². The molecule has 20 heavy (non-hydrogen) atoms. The van der Waals surface area contributed by atoms with Gasteiger partial charge in [0.15, 0.2) is 16.7 Å². The molecule has 0 saturated heterocycles. The molecule has 3 aromatic rings. The average Bonchev–Trinajstić information content (AvgIpc) is 3.11. The first-order valence-corrected chi connectivity index (χ1v) is 7.29. The molecular formula is C14H14N4OS. The number of hydrogen-bond donors (Lipinski definition) is 0. The van der Waals surface area contributed by atoms with E-state index in [1.807, 2.05) is 48.1 Å². The minimum absolute atomic E-state index is 0.733. The lowest BCUT2D eigenvalue weighted by molar-refractivity contribution is 0.572. The molecule has 0 atom stereocenters. The Bertz CT molecular complexity index is 664. The molecule has 0 radical (unpaired) electrons. The Kier molecular flexibility index (Phi) is 3.83. The van der Waals surface area contributed by atoms with Gasteiger partial charge in [-0.05, 0) is 30.7 Å². The third-order valence-electron chi connectivity index (χ3n) is 2.89. The third-order valence-corrected chi connectivity index (χ3v) is 3.91. The molecule has 0 fully saturated rings. The molecular weight excluding hydrogens is 272 g/mol. The molecule has 6 heteroatoms. The van der Waals surface area contributed by atoms with E-state index in [9.17, 15) is 0 Å². The molecule has 0 aliphatic rings. The number of rotatable bonds is 5. The largest absolute Gasteiger partial charge is 0.461 e. The molecule has 5 nitrogen and oxygen atoms in total. The zero-order valence-corrected chi connectivity index (χ0v) is 11.9. The highest BCUT2D eigenvalue weighted by atomic mass is 32.2. The normalized spacial score (nSPS) is 10.8. The maximum Gasteiger partial charge on any atom is 0.200 e. The van der Waals surface area contributed by atoms with E-state index in [-0.39, 0.29) is 0 Å². The lowest BCUT2D eigenvalue weighted by atomic mass is 10.3. The van der Waals surface area contributed by atoms with Gasteiger partial charge in [0.2, 0.25) is 0 Å². The van der Waals surface area contributed by atoms with Gasteiger partial charge in [-0.15, -0.1) is 10.2 Å². The SMILES string of the molecule is Cn1c(SCCc2ccccn2)nnc1-c1ccco1. The molecule has 0 bridgehead atoms. The fourth-order valence-corrected chi connectivity index (χ4v) is 2.73. The third kappa shape index (κ3) is 2.75. The van der Waals surface area contributed by atoms with Crippen LogP contribution in [0.2, 0.25) is 0 Å². The Morgan fingerprint density at radius 2 is 2.15 bits per heavy atom. The topological polar surface area (TPSA) is 56.7 Å². The van der Waals surface area contributed by atoms with Crippen LogP contribution in [-0.4, -0.2) is 25.5 Å². The van der Waals surface area contributed by atoms with E-state index in [1.165, 1.54) is 0 Å². The standard InChI is InChI=1S/C14H14N4OS/c1-18-13(12-6-4-9-19-12)16-17-14(18)20-10-7-11-5-2-3-8-15-11/h2-6,8-9H,7,10H2,1H3. The van der Waals surface area contributed by atoms with E-state index in [4.69, 9.17) is 4.42 Å². The van der Waals surface area contributed by atoms with Gasteiger partial charge in [-0.2, -0.15) is 0 Å². The highest BCUT2D eigenvalue weighted by Crippen LogP contribution is 2.23. The van der Waals surface area contributed by atoms with Crippen LogP contribution in [0.15, 0.2) is 52.4 Å². The van der Waals surface area contributed by atoms with Gasteiger partial charge in [0.05, 0.1) is 6.26 Å². The van der Waals surface area contributed by atoms with Crippen LogP contribution in [0.4, 0.5) is 0 Å².